The number of halogens is 2. The third kappa shape index (κ3) is 3.40. The molecule has 1 N–H and O–H groups in total. The molecule has 0 bridgehead atoms. The minimum atomic E-state index is -0.482. The van der Waals surface area contributed by atoms with Gasteiger partial charge in [-0.05, 0) is 18.0 Å². The van der Waals surface area contributed by atoms with Gasteiger partial charge >= 0.3 is 0 Å². The zero-order valence-corrected chi connectivity index (χ0v) is 9.15. The zero-order valence-electron chi connectivity index (χ0n) is 7.57. The summed E-state index contributed by atoms with van der Waals surface area (Å²) in [7, 11) is 0. The standard InChI is InChI=1S/C8H10ClFN2OS/c1-5(2-3-13)14-7-6(10)4-11-8(9)12-7/h4-5,13H,2-3H2,1H3. The van der Waals surface area contributed by atoms with Gasteiger partial charge in [-0.3, -0.25) is 0 Å². The van der Waals surface area contributed by atoms with Gasteiger partial charge < -0.3 is 5.11 Å². The second kappa shape index (κ2) is 5.48. The highest BCUT2D eigenvalue weighted by atomic mass is 35.5. The van der Waals surface area contributed by atoms with Crippen LogP contribution >= 0.6 is 23.4 Å². The van der Waals surface area contributed by atoms with Crippen molar-refractivity contribution < 1.29 is 9.50 Å². The molecular formula is C8H10ClFN2OS. The van der Waals surface area contributed by atoms with Crippen LogP contribution in [0.3, 0.4) is 0 Å². The summed E-state index contributed by atoms with van der Waals surface area (Å²) in [4.78, 5) is 7.26. The smallest absolute Gasteiger partial charge is 0.223 e. The quantitative estimate of drug-likeness (QED) is 0.494. The average molecular weight is 237 g/mol. The van der Waals surface area contributed by atoms with Gasteiger partial charge in [-0.25, -0.2) is 14.4 Å². The highest BCUT2D eigenvalue weighted by molar-refractivity contribution is 7.99. The molecule has 0 aliphatic carbocycles. The highest BCUT2D eigenvalue weighted by Gasteiger charge is 2.10. The van der Waals surface area contributed by atoms with Gasteiger partial charge in [-0.2, -0.15) is 0 Å². The van der Waals surface area contributed by atoms with Crippen LogP contribution in [0.1, 0.15) is 13.3 Å². The first-order valence-corrected chi connectivity index (χ1v) is 5.34. The number of aliphatic hydroxyl groups excluding tert-OH is 1. The van der Waals surface area contributed by atoms with Crippen LogP contribution in [0.5, 0.6) is 0 Å². The van der Waals surface area contributed by atoms with Crippen molar-refractivity contribution in [3.8, 4) is 0 Å². The van der Waals surface area contributed by atoms with Crippen LogP contribution < -0.4 is 0 Å². The van der Waals surface area contributed by atoms with E-state index in [1.54, 1.807) is 0 Å². The van der Waals surface area contributed by atoms with Crippen molar-refractivity contribution in [3.05, 3.63) is 17.3 Å². The number of aliphatic hydroxyl groups is 1. The lowest BCUT2D eigenvalue weighted by Crippen LogP contribution is -2.01. The highest BCUT2D eigenvalue weighted by Crippen LogP contribution is 2.25. The Morgan fingerprint density at radius 1 is 1.71 bits per heavy atom. The maximum absolute atomic E-state index is 13.1. The summed E-state index contributed by atoms with van der Waals surface area (Å²) in [5.41, 5.74) is 0. The van der Waals surface area contributed by atoms with Crippen LogP contribution in [-0.2, 0) is 0 Å². The molecule has 0 saturated heterocycles. The molecule has 1 aromatic rings. The molecule has 1 heterocycles. The molecule has 1 unspecified atom stereocenters. The number of hydrogen-bond acceptors (Lipinski definition) is 4. The molecule has 0 aliphatic rings. The summed E-state index contributed by atoms with van der Waals surface area (Å²) in [6.07, 6.45) is 1.63. The summed E-state index contributed by atoms with van der Waals surface area (Å²) in [6, 6.07) is 0. The van der Waals surface area contributed by atoms with Gasteiger partial charge in [0.05, 0.1) is 6.20 Å². The summed E-state index contributed by atoms with van der Waals surface area (Å²) in [6.45, 7) is 1.96. The van der Waals surface area contributed by atoms with Crippen LogP contribution in [0.4, 0.5) is 4.39 Å². The van der Waals surface area contributed by atoms with Gasteiger partial charge in [0.1, 0.15) is 5.03 Å². The summed E-state index contributed by atoms with van der Waals surface area (Å²) >= 11 is 6.76. The molecule has 1 rings (SSSR count). The minimum Gasteiger partial charge on any atom is -0.396 e. The average Bonchev–Trinajstić information content (AvgIpc) is 2.12. The van der Waals surface area contributed by atoms with E-state index >= 15 is 0 Å². The van der Waals surface area contributed by atoms with Crippen LogP contribution in [0.2, 0.25) is 5.28 Å². The normalized spacial score (nSPS) is 12.9. The van der Waals surface area contributed by atoms with E-state index in [1.165, 1.54) is 11.8 Å². The first-order valence-electron chi connectivity index (χ1n) is 4.09. The van der Waals surface area contributed by atoms with E-state index in [2.05, 4.69) is 9.97 Å². The molecule has 0 saturated carbocycles. The zero-order chi connectivity index (χ0) is 10.6. The Hall–Kier alpha value is -0.390. The lowest BCUT2D eigenvalue weighted by atomic mass is 10.3. The van der Waals surface area contributed by atoms with Crippen molar-refractivity contribution in [2.24, 2.45) is 0 Å². The summed E-state index contributed by atoms with van der Waals surface area (Å²) in [5.74, 6) is -0.482. The molecule has 0 aliphatic heterocycles. The molecule has 0 aromatic carbocycles. The van der Waals surface area contributed by atoms with Crippen LogP contribution in [0.15, 0.2) is 11.2 Å². The van der Waals surface area contributed by atoms with Gasteiger partial charge in [0.15, 0.2) is 5.82 Å². The van der Waals surface area contributed by atoms with Crippen LogP contribution in [0.25, 0.3) is 0 Å². The van der Waals surface area contributed by atoms with E-state index in [-0.39, 0.29) is 22.2 Å². The Kier molecular flexibility index (Phi) is 4.57. The van der Waals surface area contributed by atoms with Crippen molar-refractivity contribution in [3.63, 3.8) is 0 Å². The van der Waals surface area contributed by atoms with Crippen molar-refractivity contribution in [2.75, 3.05) is 6.61 Å². The topological polar surface area (TPSA) is 46.0 Å². The second-order valence-corrected chi connectivity index (χ2v) is 4.50. The monoisotopic (exact) mass is 236 g/mol. The lowest BCUT2D eigenvalue weighted by Gasteiger charge is -2.08. The van der Waals surface area contributed by atoms with E-state index < -0.39 is 5.82 Å². The third-order valence-corrected chi connectivity index (χ3v) is 2.86. The van der Waals surface area contributed by atoms with Crippen LogP contribution in [-0.4, -0.2) is 26.9 Å². The van der Waals surface area contributed by atoms with Crippen molar-refractivity contribution in [2.45, 2.75) is 23.6 Å². The summed E-state index contributed by atoms with van der Waals surface area (Å²) < 4.78 is 13.1. The van der Waals surface area contributed by atoms with Crippen molar-refractivity contribution in [1.29, 1.82) is 0 Å². The molecule has 6 heteroatoms. The van der Waals surface area contributed by atoms with E-state index in [9.17, 15) is 4.39 Å². The van der Waals surface area contributed by atoms with Gasteiger partial charge in [0.25, 0.3) is 0 Å². The van der Waals surface area contributed by atoms with Crippen molar-refractivity contribution >= 4 is 23.4 Å². The molecule has 0 spiro atoms. The number of nitrogens with zero attached hydrogens (tertiary/aromatic N) is 2. The first-order chi connectivity index (χ1) is 6.63. The van der Waals surface area contributed by atoms with Gasteiger partial charge in [-0.15, -0.1) is 11.8 Å². The molecule has 3 nitrogen and oxygen atoms in total. The maximum Gasteiger partial charge on any atom is 0.223 e. The molecule has 78 valence electrons. The fourth-order valence-corrected chi connectivity index (χ4v) is 1.94. The molecule has 0 amide bonds. The van der Waals surface area contributed by atoms with E-state index in [0.717, 1.165) is 6.20 Å². The Balaban J connectivity index is 2.70. The second-order valence-electron chi connectivity index (χ2n) is 2.73. The largest absolute Gasteiger partial charge is 0.396 e. The number of aromatic nitrogens is 2. The molecule has 1 atom stereocenters. The molecular weight excluding hydrogens is 227 g/mol. The Bertz CT molecular complexity index is 313. The third-order valence-electron chi connectivity index (χ3n) is 1.53. The van der Waals surface area contributed by atoms with E-state index in [0.29, 0.717) is 6.42 Å². The molecule has 0 fully saturated rings. The van der Waals surface area contributed by atoms with E-state index in [4.69, 9.17) is 16.7 Å². The minimum absolute atomic E-state index is 0.0325. The number of rotatable bonds is 4. The predicted octanol–water partition coefficient (Wildman–Crippen LogP) is 2.13. The van der Waals surface area contributed by atoms with Crippen molar-refractivity contribution in [1.82, 2.24) is 9.97 Å². The molecule has 14 heavy (non-hydrogen) atoms. The Labute approximate surface area is 90.7 Å². The number of thioether (sulfide) groups is 1. The number of hydrogen-bond donors (Lipinski definition) is 1. The predicted molar refractivity (Wildman–Crippen MR) is 54.0 cm³/mol. The van der Waals surface area contributed by atoms with Gasteiger partial charge in [0.2, 0.25) is 5.28 Å². The molecule has 0 radical (unpaired) electrons. The SMILES string of the molecule is CC(CCO)Sc1nc(Cl)ncc1F. The van der Waals surface area contributed by atoms with Gasteiger partial charge in [-0.1, -0.05) is 6.92 Å². The maximum atomic E-state index is 13.1. The first kappa shape index (κ1) is 11.7. The van der Waals surface area contributed by atoms with Crippen LogP contribution in [0, 0.1) is 5.82 Å². The Morgan fingerprint density at radius 2 is 2.43 bits per heavy atom. The lowest BCUT2D eigenvalue weighted by molar-refractivity contribution is 0.289. The van der Waals surface area contributed by atoms with E-state index in [1.807, 2.05) is 6.92 Å². The Morgan fingerprint density at radius 3 is 3.07 bits per heavy atom. The molecule has 1 aromatic heterocycles. The van der Waals surface area contributed by atoms with Gasteiger partial charge in [0, 0.05) is 11.9 Å². The summed E-state index contributed by atoms with van der Waals surface area (Å²) in [5, 5.41) is 9.03. The fraction of sp³-hybridized carbons (Fsp3) is 0.500. The fourth-order valence-electron chi connectivity index (χ4n) is 0.845.